The fraction of sp³-hybridized carbons (Fsp3) is 0.423. The number of nitrogen functional groups attached to an aromatic ring is 1. The first-order valence-corrected chi connectivity index (χ1v) is 13.3. The lowest BCUT2D eigenvalue weighted by molar-refractivity contribution is 0.144. The van der Waals surface area contributed by atoms with E-state index in [4.69, 9.17) is 33.0 Å². The second-order valence-corrected chi connectivity index (χ2v) is 11.5. The molecule has 5 N–H and O–H groups in total. The molecule has 2 aliphatic carbocycles. The van der Waals surface area contributed by atoms with Crippen LogP contribution in [0.2, 0.25) is 5.02 Å². The van der Waals surface area contributed by atoms with Gasteiger partial charge >= 0.3 is 0 Å². The van der Waals surface area contributed by atoms with Gasteiger partial charge in [0.15, 0.2) is 5.82 Å². The molecule has 2 aromatic heterocycles. The molecule has 1 spiro atoms. The third-order valence-electron chi connectivity index (χ3n) is 7.91. The summed E-state index contributed by atoms with van der Waals surface area (Å²) in [6.07, 6.45) is 6.04. The van der Waals surface area contributed by atoms with Crippen LogP contribution >= 0.6 is 23.4 Å². The predicted molar refractivity (Wildman–Crippen MR) is 139 cm³/mol. The monoisotopic (exact) mass is 508 g/mol. The number of nitrogens with two attached hydrogens (primary N) is 2. The number of aromatic nitrogens is 3. The highest BCUT2D eigenvalue weighted by molar-refractivity contribution is 7.99. The topological polar surface area (TPSA) is 114 Å². The summed E-state index contributed by atoms with van der Waals surface area (Å²) in [5.74, 6) is 1.08. The van der Waals surface area contributed by atoms with E-state index in [-0.39, 0.29) is 17.3 Å². The normalized spacial score (nSPS) is 21.8. The molecule has 182 valence electrons. The minimum atomic E-state index is -0.915. The largest absolute Gasteiger partial charge is 0.383 e. The summed E-state index contributed by atoms with van der Waals surface area (Å²) in [6.45, 7) is 3.64. The van der Waals surface area contributed by atoms with Crippen LogP contribution in [0.1, 0.15) is 54.2 Å². The molecule has 0 radical (unpaired) electrons. The summed E-state index contributed by atoms with van der Waals surface area (Å²) in [4.78, 5) is 17.0. The molecule has 35 heavy (non-hydrogen) atoms. The zero-order valence-electron chi connectivity index (χ0n) is 19.7. The first-order valence-electron chi connectivity index (χ1n) is 12.1. The summed E-state index contributed by atoms with van der Waals surface area (Å²) in [7, 11) is 0. The molecule has 1 saturated carbocycles. The number of aliphatic hydroxyl groups is 1. The van der Waals surface area contributed by atoms with Gasteiger partial charge < -0.3 is 21.5 Å². The molecule has 0 unspecified atom stereocenters. The molecule has 7 nitrogen and oxygen atoms in total. The van der Waals surface area contributed by atoms with Crippen LogP contribution in [0.5, 0.6) is 0 Å². The Kier molecular flexibility index (Phi) is 5.49. The molecule has 1 saturated heterocycles. The van der Waals surface area contributed by atoms with E-state index < -0.39 is 5.60 Å². The standard InChI is InChI=1S/C26H29ClN6OS/c1-15-24(35-18-6-11-30-22(29)19(18)27)32-21(26(34)7-8-26)23(31-15)33-12-9-25(10-13-33)14-16-4-2-3-5-17(16)20(25)28/h2-6,11,20,34H,7-10,12-14,28H2,1H3,(H2,29,30)/t20-/m1/s1. The SMILES string of the molecule is Cc1nc(N2CCC3(CC2)Cc2ccccc2[C@H]3N)c(C2(O)CC2)nc1Sc1ccnc(N)c1Cl. The Labute approximate surface area is 214 Å². The van der Waals surface area contributed by atoms with E-state index >= 15 is 0 Å². The molecule has 3 aliphatic rings. The Morgan fingerprint density at radius 2 is 1.86 bits per heavy atom. The number of fused-ring (bicyclic) bond motifs is 1. The van der Waals surface area contributed by atoms with Gasteiger partial charge in [0.05, 0.1) is 10.7 Å². The molecule has 6 rings (SSSR count). The van der Waals surface area contributed by atoms with Gasteiger partial charge in [-0.1, -0.05) is 47.6 Å². The highest BCUT2D eigenvalue weighted by Crippen LogP contribution is 2.53. The van der Waals surface area contributed by atoms with Crippen molar-refractivity contribution in [3.8, 4) is 0 Å². The highest BCUT2D eigenvalue weighted by atomic mass is 35.5. The Morgan fingerprint density at radius 1 is 1.11 bits per heavy atom. The van der Waals surface area contributed by atoms with Crippen molar-refractivity contribution >= 4 is 35.0 Å². The van der Waals surface area contributed by atoms with Gasteiger partial charge in [0.2, 0.25) is 0 Å². The van der Waals surface area contributed by atoms with E-state index in [1.165, 1.54) is 22.9 Å². The number of rotatable bonds is 4. The van der Waals surface area contributed by atoms with Crippen molar-refractivity contribution in [2.75, 3.05) is 23.7 Å². The zero-order chi connectivity index (χ0) is 24.4. The number of aryl methyl sites for hydroxylation is 1. The van der Waals surface area contributed by atoms with Gasteiger partial charge in [-0.25, -0.2) is 15.0 Å². The molecule has 2 fully saturated rings. The van der Waals surface area contributed by atoms with Crippen LogP contribution in [0.4, 0.5) is 11.6 Å². The van der Waals surface area contributed by atoms with Crippen molar-refractivity contribution in [2.24, 2.45) is 11.1 Å². The lowest BCUT2D eigenvalue weighted by Gasteiger charge is -2.43. The van der Waals surface area contributed by atoms with Crippen molar-refractivity contribution < 1.29 is 5.11 Å². The number of piperidine rings is 1. The number of halogens is 1. The van der Waals surface area contributed by atoms with Crippen LogP contribution in [0, 0.1) is 12.3 Å². The van der Waals surface area contributed by atoms with E-state index in [1.54, 1.807) is 6.20 Å². The summed E-state index contributed by atoms with van der Waals surface area (Å²) in [5.41, 5.74) is 16.0. The van der Waals surface area contributed by atoms with Gasteiger partial charge in [-0.3, -0.25) is 0 Å². The summed E-state index contributed by atoms with van der Waals surface area (Å²) >= 11 is 7.78. The number of hydrogen-bond donors (Lipinski definition) is 3. The number of pyridine rings is 1. The molecular weight excluding hydrogens is 480 g/mol. The van der Waals surface area contributed by atoms with Crippen LogP contribution in [-0.4, -0.2) is 33.1 Å². The summed E-state index contributed by atoms with van der Waals surface area (Å²) in [5, 5.41) is 12.3. The molecular formula is C26H29ClN6OS. The second-order valence-electron chi connectivity index (χ2n) is 10.1. The Morgan fingerprint density at radius 3 is 2.57 bits per heavy atom. The quantitative estimate of drug-likeness (QED) is 0.475. The minimum Gasteiger partial charge on any atom is -0.383 e. The Hall–Kier alpha value is -2.39. The summed E-state index contributed by atoms with van der Waals surface area (Å²) < 4.78 is 0. The average Bonchev–Trinajstić information content (AvgIpc) is 3.55. The zero-order valence-corrected chi connectivity index (χ0v) is 21.2. The van der Waals surface area contributed by atoms with Gasteiger partial charge in [-0.2, -0.15) is 0 Å². The van der Waals surface area contributed by atoms with E-state index in [0.29, 0.717) is 23.6 Å². The van der Waals surface area contributed by atoms with Crippen molar-refractivity contribution in [3.63, 3.8) is 0 Å². The molecule has 3 aromatic rings. The van der Waals surface area contributed by atoms with Crippen LogP contribution in [0.25, 0.3) is 0 Å². The number of nitrogens with zero attached hydrogens (tertiary/aromatic N) is 4. The van der Waals surface area contributed by atoms with Crippen LogP contribution < -0.4 is 16.4 Å². The smallest absolute Gasteiger partial charge is 0.153 e. The fourth-order valence-corrected chi connectivity index (χ4v) is 6.66. The Bertz CT molecular complexity index is 1300. The second kappa shape index (κ2) is 8.34. The van der Waals surface area contributed by atoms with E-state index in [9.17, 15) is 5.11 Å². The van der Waals surface area contributed by atoms with Gasteiger partial charge in [-0.05, 0) is 61.6 Å². The predicted octanol–water partition coefficient (Wildman–Crippen LogP) is 4.39. The number of anilines is 2. The van der Waals surface area contributed by atoms with Crippen molar-refractivity contribution in [2.45, 2.75) is 60.6 Å². The molecule has 3 heterocycles. The maximum atomic E-state index is 11.1. The number of benzene rings is 1. The maximum Gasteiger partial charge on any atom is 0.153 e. The minimum absolute atomic E-state index is 0.0667. The molecule has 0 amide bonds. The molecule has 1 atom stereocenters. The van der Waals surface area contributed by atoms with Gasteiger partial charge in [-0.15, -0.1) is 0 Å². The first kappa shape index (κ1) is 23.0. The fourth-order valence-electron chi connectivity index (χ4n) is 5.57. The molecule has 1 aliphatic heterocycles. The third kappa shape index (κ3) is 3.87. The van der Waals surface area contributed by atoms with Gasteiger partial charge in [0, 0.05) is 30.2 Å². The number of hydrogen-bond acceptors (Lipinski definition) is 8. The van der Waals surface area contributed by atoms with Gasteiger partial charge in [0.25, 0.3) is 0 Å². The summed E-state index contributed by atoms with van der Waals surface area (Å²) in [6, 6.07) is 10.5. The lowest BCUT2D eigenvalue weighted by Crippen LogP contribution is -2.45. The van der Waals surface area contributed by atoms with E-state index in [1.807, 2.05) is 13.0 Å². The van der Waals surface area contributed by atoms with Crippen molar-refractivity contribution in [1.29, 1.82) is 0 Å². The third-order valence-corrected chi connectivity index (χ3v) is 9.56. The Balaban J connectivity index is 1.28. The van der Waals surface area contributed by atoms with Crippen molar-refractivity contribution in [3.05, 3.63) is 64.1 Å². The van der Waals surface area contributed by atoms with Crippen LogP contribution in [0.3, 0.4) is 0 Å². The average molecular weight is 509 g/mol. The first-order chi connectivity index (χ1) is 16.8. The van der Waals surface area contributed by atoms with Crippen molar-refractivity contribution in [1.82, 2.24) is 15.0 Å². The maximum absolute atomic E-state index is 11.1. The van der Waals surface area contributed by atoms with Crippen LogP contribution in [-0.2, 0) is 12.0 Å². The molecule has 1 aromatic carbocycles. The lowest BCUT2D eigenvalue weighted by atomic mass is 9.73. The molecule has 9 heteroatoms. The highest BCUT2D eigenvalue weighted by Gasteiger charge is 2.49. The van der Waals surface area contributed by atoms with E-state index in [2.05, 4.69) is 34.1 Å². The van der Waals surface area contributed by atoms with Crippen LogP contribution in [0.15, 0.2) is 46.5 Å². The molecule has 0 bridgehead atoms. The van der Waals surface area contributed by atoms with Gasteiger partial charge in [0.1, 0.15) is 22.1 Å². The van der Waals surface area contributed by atoms with E-state index in [0.717, 1.165) is 53.8 Å².